The average Bonchev–Trinajstić information content (AvgIpc) is 2.59. The molecule has 1 aliphatic heterocycles. The van der Waals surface area contributed by atoms with Gasteiger partial charge in [-0.25, -0.2) is 10.3 Å². The number of aromatic nitrogens is 1. The van der Waals surface area contributed by atoms with Crippen molar-refractivity contribution in [3.05, 3.63) is 36.9 Å². The van der Waals surface area contributed by atoms with Crippen LogP contribution >= 0.6 is 0 Å². The molecule has 0 spiro atoms. The molecule has 0 N–H and O–H groups in total. The van der Waals surface area contributed by atoms with Gasteiger partial charge in [-0.05, 0) is 12.1 Å². The van der Waals surface area contributed by atoms with Crippen molar-refractivity contribution in [1.29, 1.82) is 0 Å². The minimum atomic E-state index is 0.727. The number of hydrogen-bond acceptors (Lipinski definition) is 1. The Morgan fingerprint density at radius 2 is 1.90 bits per heavy atom. The van der Waals surface area contributed by atoms with Crippen molar-refractivity contribution in [1.82, 2.24) is 9.88 Å². The smallest absolute Gasteiger partial charge is 0.233 e. The van der Waals surface area contributed by atoms with E-state index in [0.29, 0.717) is 0 Å². The Kier molecular flexibility index (Phi) is 1.07. The molecule has 1 aliphatic rings. The molecule has 0 saturated heterocycles. The Morgan fingerprint density at radius 3 is 2.50 bits per heavy atom. The van der Waals surface area contributed by atoms with Crippen LogP contribution in [0.3, 0.4) is 0 Å². The van der Waals surface area contributed by atoms with Crippen LogP contribution in [-0.2, 0) is 0 Å². The zero-order chi connectivity index (χ0) is 6.81. The van der Waals surface area contributed by atoms with E-state index in [2.05, 4.69) is 10.3 Å². The van der Waals surface area contributed by atoms with Gasteiger partial charge < -0.3 is 0 Å². The predicted octanol–water partition coefficient (Wildman–Crippen LogP) is 0.781. The third-order valence-electron chi connectivity index (χ3n) is 1.28. The van der Waals surface area contributed by atoms with Crippen molar-refractivity contribution in [3.8, 4) is 0 Å². The molecule has 0 amide bonds. The fraction of sp³-hybridized carbons (Fsp3) is 0. The average molecular weight is 132 g/mol. The summed E-state index contributed by atoms with van der Waals surface area (Å²) in [6.45, 7) is 0. The second-order valence-electron chi connectivity index (χ2n) is 1.95. The monoisotopic (exact) mass is 132 g/mol. The van der Waals surface area contributed by atoms with Crippen LogP contribution in [0.4, 0.5) is 0 Å². The molecule has 0 unspecified atom stereocenters. The van der Waals surface area contributed by atoms with E-state index in [1.807, 2.05) is 29.1 Å². The zero-order valence-corrected chi connectivity index (χ0v) is 5.31. The summed E-state index contributed by atoms with van der Waals surface area (Å²) in [6.07, 6.45) is 7.18. The van der Waals surface area contributed by atoms with E-state index >= 15 is 0 Å². The maximum atomic E-state index is 4.01. The first-order valence-corrected chi connectivity index (χ1v) is 3.04. The predicted molar refractivity (Wildman–Crippen MR) is 38.5 cm³/mol. The van der Waals surface area contributed by atoms with Gasteiger partial charge >= 0.3 is 0 Å². The van der Waals surface area contributed by atoms with E-state index in [1.165, 1.54) is 0 Å². The van der Waals surface area contributed by atoms with E-state index in [1.54, 1.807) is 12.4 Å². The topological polar surface area (TPSA) is 31.4 Å². The summed E-state index contributed by atoms with van der Waals surface area (Å²) in [5.74, 6) is 0.727. The molecule has 1 aromatic rings. The Bertz CT molecular complexity index is 269. The molecule has 3 heteroatoms. The number of aliphatic imine (C=N–C) groups is 1. The quantitative estimate of drug-likeness (QED) is 0.499. The van der Waals surface area contributed by atoms with E-state index in [-0.39, 0.29) is 0 Å². The first kappa shape index (κ1) is 5.29. The summed E-state index contributed by atoms with van der Waals surface area (Å²) in [6, 6.07) is 3.88. The SMILES string of the molecule is C1=CN=C(n2cccc2)[N]1. The fourth-order valence-corrected chi connectivity index (χ4v) is 0.835. The second kappa shape index (κ2) is 2.02. The van der Waals surface area contributed by atoms with Crippen molar-refractivity contribution in [2.45, 2.75) is 0 Å². The standard InChI is InChI=1S/C7H6N3/c1-2-6-10(5-1)7-8-3-4-9-7/h1-6H. The molecule has 2 rings (SSSR count). The third kappa shape index (κ3) is 0.719. The van der Waals surface area contributed by atoms with Crippen molar-refractivity contribution in [2.75, 3.05) is 0 Å². The summed E-state index contributed by atoms with van der Waals surface area (Å²) < 4.78 is 1.86. The molecule has 1 aromatic heterocycles. The van der Waals surface area contributed by atoms with Gasteiger partial charge in [0, 0.05) is 24.8 Å². The number of rotatable bonds is 0. The Hall–Kier alpha value is -1.51. The van der Waals surface area contributed by atoms with Gasteiger partial charge in [0.2, 0.25) is 5.96 Å². The molecule has 0 bridgehead atoms. The Balaban J connectivity index is 2.30. The fourth-order valence-electron chi connectivity index (χ4n) is 0.835. The molecule has 0 aliphatic carbocycles. The summed E-state index contributed by atoms with van der Waals surface area (Å²) in [7, 11) is 0. The lowest BCUT2D eigenvalue weighted by molar-refractivity contribution is 1.07. The normalized spacial score (nSPS) is 15.0. The van der Waals surface area contributed by atoms with Gasteiger partial charge in [-0.2, -0.15) is 0 Å². The minimum absolute atomic E-state index is 0.727. The summed E-state index contributed by atoms with van der Waals surface area (Å²) >= 11 is 0. The highest BCUT2D eigenvalue weighted by molar-refractivity contribution is 5.84. The van der Waals surface area contributed by atoms with E-state index in [9.17, 15) is 0 Å². The Morgan fingerprint density at radius 1 is 1.10 bits per heavy atom. The first-order valence-electron chi connectivity index (χ1n) is 3.04. The van der Waals surface area contributed by atoms with Crippen molar-refractivity contribution in [3.63, 3.8) is 0 Å². The zero-order valence-electron chi connectivity index (χ0n) is 5.31. The van der Waals surface area contributed by atoms with E-state index in [4.69, 9.17) is 0 Å². The number of nitrogens with zero attached hydrogens (tertiary/aromatic N) is 3. The van der Waals surface area contributed by atoms with E-state index < -0.39 is 0 Å². The van der Waals surface area contributed by atoms with Crippen molar-refractivity contribution in [2.24, 2.45) is 4.99 Å². The van der Waals surface area contributed by atoms with Crippen LogP contribution in [0, 0.1) is 0 Å². The lowest BCUT2D eigenvalue weighted by Crippen LogP contribution is -2.15. The lowest BCUT2D eigenvalue weighted by atomic mass is 10.7. The molecule has 1 radical (unpaired) electrons. The molecule has 0 aromatic carbocycles. The highest BCUT2D eigenvalue weighted by Crippen LogP contribution is 1.95. The van der Waals surface area contributed by atoms with Crippen LogP contribution in [0.15, 0.2) is 41.9 Å². The van der Waals surface area contributed by atoms with Gasteiger partial charge in [-0.15, -0.1) is 0 Å². The largest absolute Gasteiger partial charge is 0.293 e. The van der Waals surface area contributed by atoms with Crippen LogP contribution in [0.25, 0.3) is 0 Å². The van der Waals surface area contributed by atoms with Crippen LogP contribution in [-0.4, -0.2) is 10.5 Å². The van der Waals surface area contributed by atoms with Crippen LogP contribution in [0.1, 0.15) is 0 Å². The van der Waals surface area contributed by atoms with E-state index in [0.717, 1.165) is 5.96 Å². The molecule has 0 fully saturated rings. The summed E-state index contributed by atoms with van der Waals surface area (Å²) in [5, 5.41) is 4.01. The van der Waals surface area contributed by atoms with Gasteiger partial charge in [0.25, 0.3) is 0 Å². The molecule has 0 atom stereocenters. The van der Waals surface area contributed by atoms with Crippen LogP contribution in [0.5, 0.6) is 0 Å². The van der Waals surface area contributed by atoms with Gasteiger partial charge in [0.05, 0.1) is 0 Å². The molecule has 3 nitrogen and oxygen atoms in total. The van der Waals surface area contributed by atoms with Crippen molar-refractivity contribution >= 4 is 5.96 Å². The maximum Gasteiger partial charge on any atom is 0.233 e. The van der Waals surface area contributed by atoms with Gasteiger partial charge in [0.1, 0.15) is 0 Å². The molecule has 10 heavy (non-hydrogen) atoms. The van der Waals surface area contributed by atoms with Crippen LogP contribution < -0.4 is 5.32 Å². The highest BCUT2D eigenvalue weighted by atomic mass is 15.2. The highest BCUT2D eigenvalue weighted by Gasteiger charge is 2.01. The Labute approximate surface area is 58.7 Å². The lowest BCUT2D eigenvalue weighted by Gasteiger charge is -1.97. The molecule has 0 saturated carbocycles. The molecule has 49 valence electrons. The third-order valence-corrected chi connectivity index (χ3v) is 1.28. The maximum absolute atomic E-state index is 4.01. The van der Waals surface area contributed by atoms with Gasteiger partial charge in [-0.3, -0.25) is 4.57 Å². The molecular weight excluding hydrogens is 126 g/mol. The van der Waals surface area contributed by atoms with Crippen molar-refractivity contribution < 1.29 is 0 Å². The summed E-state index contributed by atoms with van der Waals surface area (Å²) in [5.41, 5.74) is 0. The van der Waals surface area contributed by atoms with Gasteiger partial charge in [-0.1, -0.05) is 0 Å². The van der Waals surface area contributed by atoms with Crippen LogP contribution in [0.2, 0.25) is 0 Å². The van der Waals surface area contributed by atoms with Gasteiger partial charge in [0.15, 0.2) is 0 Å². The molecule has 2 heterocycles. The second-order valence-corrected chi connectivity index (χ2v) is 1.95. The first-order chi connectivity index (χ1) is 4.97. The minimum Gasteiger partial charge on any atom is -0.293 e. The molecular formula is C7H6N3. The number of hydrogen-bond donors (Lipinski definition) is 0. The summed E-state index contributed by atoms with van der Waals surface area (Å²) in [4.78, 5) is 4.01.